The van der Waals surface area contributed by atoms with Crippen molar-refractivity contribution in [2.45, 2.75) is 63.5 Å². The second-order valence-corrected chi connectivity index (χ2v) is 7.80. The number of nitrogens with two attached hydrogens (primary N) is 1. The molecule has 4 N–H and O–H groups in total. The first-order chi connectivity index (χ1) is 12.6. The molecule has 0 bridgehead atoms. The summed E-state index contributed by atoms with van der Waals surface area (Å²) in [6.45, 7) is 0.460. The van der Waals surface area contributed by atoms with Gasteiger partial charge >= 0.3 is 0 Å². The lowest BCUT2D eigenvalue weighted by Crippen LogP contribution is -2.43. The first-order valence-corrected chi connectivity index (χ1v) is 10.0. The second-order valence-electron chi connectivity index (χ2n) is 7.80. The van der Waals surface area contributed by atoms with E-state index in [1.54, 1.807) is 0 Å². The van der Waals surface area contributed by atoms with Crippen molar-refractivity contribution in [2.24, 2.45) is 17.6 Å². The minimum Gasteiger partial charge on any atom is -0.354 e. The van der Waals surface area contributed by atoms with E-state index in [1.165, 1.54) is 12.8 Å². The van der Waals surface area contributed by atoms with Gasteiger partial charge in [-0.25, -0.2) is 0 Å². The second kappa shape index (κ2) is 10.7. The van der Waals surface area contributed by atoms with Crippen LogP contribution in [0.4, 0.5) is 0 Å². The Morgan fingerprint density at radius 1 is 0.926 bits per heavy atom. The van der Waals surface area contributed by atoms with Gasteiger partial charge in [0.1, 0.15) is 0 Å². The normalized spacial score (nSPS) is 23.9. The number of benzene rings is 1. The van der Waals surface area contributed by atoms with Crippen LogP contribution in [0.15, 0.2) is 30.3 Å². The van der Waals surface area contributed by atoms with Crippen LogP contribution in [0.25, 0.3) is 0 Å². The molecule has 2 saturated carbocycles. The largest absolute Gasteiger partial charge is 0.354 e. The number of amides is 2. The van der Waals surface area contributed by atoms with Crippen molar-refractivity contribution in [2.75, 3.05) is 6.54 Å². The SMILES string of the molecule is Cl.NC(CNC(=O)C1CCC(NC(=O)C2CCCC2)CC1)c1ccccc1. The van der Waals surface area contributed by atoms with Crippen LogP contribution in [0.2, 0.25) is 0 Å². The van der Waals surface area contributed by atoms with E-state index in [4.69, 9.17) is 5.73 Å². The Kier molecular flexibility index (Phi) is 8.58. The van der Waals surface area contributed by atoms with Crippen LogP contribution in [0.1, 0.15) is 63.0 Å². The van der Waals surface area contributed by atoms with Gasteiger partial charge < -0.3 is 16.4 Å². The van der Waals surface area contributed by atoms with Gasteiger partial charge in [-0.3, -0.25) is 9.59 Å². The molecule has 5 nitrogen and oxygen atoms in total. The highest BCUT2D eigenvalue weighted by atomic mass is 35.5. The van der Waals surface area contributed by atoms with Gasteiger partial charge in [-0.1, -0.05) is 43.2 Å². The van der Waals surface area contributed by atoms with Crippen molar-refractivity contribution in [3.8, 4) is 0 Å². The van der Waals surface area contributed by atoms with Crippen LogP contribution < -0.4 is 16.4 Å². The molecule has 0 aliphatic heterocycles. The molecule has 2 amide bonds. The quantitative estimate of drug-likeness (QED) is 0.694. The Morgan fingerprint density at radius 3 is 2.15 bits per heavy atom. The van der Waals surface area contributed by atoms with E-state index >= 15 is 0 Å². The molecular weight excluding hydrogens is 362 g/mol. The zero-order valence-corrected chi connectivity index (χ0v) is 16.7. The molecule has 1 aromatic rings. The van der Waals surface area contributed by atoms with E-state index in [0.717, 1.165) is 44.1 Å². The molecule has 2 aliphatic carbocycles. The molecule has 1 unspecified atom stereocenters. The highest BCUT2D eigenvalue weighted by Crippen LogP contribution is 2.28. The van der Waals surface area contributed by atoms with Crippen molar-refractivity contribution in [1.82, 2.24) is 10.6 Å². The molecule has 0 aromatic heterocycles. The van der Waals surface area contributed by atoms with Gasteiger partial charge in [0, 0.05) is 30.5 Å². The van der Waals surface area contributed by atoms with Gasteiger partial charge in [-0.05, 0) is 44.1 Å². The zero-order valence-electron chi connectivity index (χ0n) is 15.9. The smallest absolute Gasteiger partial charge is 0.223 e. The number of hydrogen-bond acceptors (Lipinski definition) is 3. The topological polar surface area (TPSA) is 84.2 Å². The molecule has 0 saturated heterocycles. The molecule has 150 valence electrons. The Bertz CT molecular complexity index is 597. The lowest BCUT2D eigenvalue weighted by atomic mass is 9.85. The summed E-state index contributed by atoms with van der Waals surface area (Å²) in [5.41, 5.74) is 7.18. The van der Waals surface area contributed by atoms with Crippen molar-refractivity contribution < 1.29 is 9.59 Å². The third-order valence-electron chi connectivity index (χ3n) is 5.89. The first kappa shape index (κ1) is 21.7. The van der Waals surface area contributed by atoms with Gasteiger partial charge in [-0.2, -0.15) is 0 Å². The highest BCUT2D eigenvalue weighted by Gasteiger charge is 2.29. The van der Waals surface area contributed by atoms with E-state index in [9.17, 15) is 9.59 Å². The van der Waals surface area contributed by atoms with Crippen LogP contribution in [0.3, 0.4) is 0 Å². The average Bonchev–Trinajstić information content (AvgIpc) is 3.22. The van der Waals surface area contributed by atoms with E-state index in [0.29, 0.717) is 6.54 Å². The summed E-state index contributed by atoms with van der Waals surface area (Å²) in [5, 5.41) is 6.20. The fourth-order valence-electron chi connectivity index (χ4n) is 4.18. The van der Waals surface area contributed by atoms with E-state index < -0.39 is 0 Å². The van der Waals surface area contributed by atoms with Crippen LogP contribution in [0, 0.1) is 11.8 Å². The number of hydrogen-bond donors (Lipinski definition) is 3. The van der Waals surface area contributed by atoms with Crippen molar-refractivity contribution >= 4 is 24.2 Å². The lowest BCUT2D eigenvalue weighted by molar-refractivity contribution is -0.126. The molecule has 1 atom stereocenters. The Labute approximate surface area is 168 Å². The van der Waals surface area contributed by atoms with Crippen molar-refractivity contribution in [1.29, 1.82) is 0 Å². The van der Waals surface area contributed by atoms with Crippen LogP contribution in [-0.4, -0.2) is 24.4 Å². The molecule has 3 rings (SSSR count). The maximum Gasteiger partial charge on any atom is 0.223 e. The molecule has 0 radical (unpaired) electrons. The first-order valence-electron chi connectivity index (χ1n) is 10.0. The van der Waals surface area contributed by atoms with Crippen LogP contribution in [-0.2, 0) is 9.59 Å². The maximum absolute atomic E-state index is 12.4. The van der Waals surface area contributed by atoms with Gasteiger partial charge in [0.15, 0.2) is 0 Å². The minimum atomic E-state index is -0.179. The molecule has 0 spiro atoms. The summed E-state index contributed by atoms with van der Waals surface area (Å²) in [6.07, 6.45) is 7.87. The predicted octanol–water partition coefficient (Wildman–Crippen LogP) is 3.09. The van der Waals surface area contributed by atoms with Gasteiger partial charge in [0.2, 0.25) is 11.8 Å². The number of halogens is 1. The fourth-order valence-corrected chi connectivity index (χ4v) is 4.18. The summed E-state index contributed by atoms with van der Waals surface area (Å²) >= 11 is 0. The molecule has 27 heavy (non-hydrogen) atoms. The molecule has 1 aromatic carbocycles. The minimum absolute atomic E-state index is 0. The molecule has 2 fully saturated rings. The maximum atomic E-state index is 12.4. The summed E-state index contributed by atoms with van der Waals surface area (Å²) in [5.74, 6) is 0.578. The standard InChI is InChI=1S/C21H31N3O2.ClH/c22-19(15-6-2-1-3-7-15)14-23-20(25)17-10-12-18(13-11-17)24-21(26)16-8-4-5-9-16;/h1-3,6-7,16-19H,4-5,8-14,22H2,(H,23,25)(H,24,26);1H. The number of rotatable bonds is 6. The Balaban J connectivity index is 0.00000261. The van der Waals surface area contributed by atoms with E-state index in [1.807, 2.05) is 30.3 Å². The van der Waals surface area contributed by atoms with Crippen LogP contribution in [0.5, 0.6) is 0 Å². The summed E-state index contributed by atoms with van der Waals surface area (Å²) in [7, 11) is 0. The van der Waals surface area contributed by atoms with Gasteiger partial charge in [-0.15, -0.1) is 12.4 Å². The number of carbonyl (C=O) groups excluding carboxylic acids is 2. The van der Waals surface area contributed by atoms with Crippen molar-refractivity contribution in [3.05, 3.63) is 35.9 Å². The molecular formula is C21H32ClN3O2. The Hall–Kier alpha value is -1.59. The van der Waals surface area contributed by atoms with Gasteiger partial charge in [0.25, 0.3) is 0 Å². The van der Waals surface area contributed by atoms with Crippen molar-refractivity contribution in [3.63, 3.8) is 0 Å². The molecule has 2 aliphatic rings. The number of carbonyl (C=O) groups is 2. The summed E-state index contributed by atoms with van der Waals surface area (Å²) in [4.78, 5) is 24.7. The molecule has 6 heteroatoms. The molecule has 0 heterocycles. The van der Waals surface area contributed by atoms with Gasteiger partial charge in [0.05, 0.1) is 0 Å². The summed E-state index contributed by atoms with van der Waals surface area (Å²) in [6, 6.07) is 9.89. The average molecular weight is 394 g/mol. The summed E-state index contributed by atoms with van der Waals surface area (Å²) < 4.78 is 0. The van der Waals surface area contributed by atoms with E-state index in [-0.39, 0.29) is 48.1 Å². The third-order valence-corrected chi connectivity index (χ3v) is 5.89. The Morgan fingerprint density at radius 2 is 1.52 bits per heavy atom. The zero-order chi connectivity index (χ0) is 18.4. The lowest BCUT2D eigenvalue weighted by Gasteiger charge is -2.29. The van der Waals surface area contributed by atoms with Crippen LogP contribution >= 0.6 is 12.4 Å². The predicted molar refractivity (Wildman–Crippen MR) is 109 cm³/mol. The number of nitrogens with one attached hydrogen (secondary N) is 2. The van der Waals surface area contributed by atoms with E-state index in [2.05, 4.69) is 10.6 Å². The third kappa shape index (κ3) is 6.22. The highest BCUT2D eigenvalue weighted by molar-refractivity contribution is 5.85. The fraction of sp³-hybridized carbons (Fsp3) is 0.619. The monoisotopic (exact) mass is 393 g/mol.